The Morgan fingerprint density at radius 3 is 2.92 bits per heavy atom. The molecule has 0 amide bonds. The van der Waals surface area contributed by atoms with Gasteiger partial charge >= 0.3 is 0 Å². The van der Waals surface area contributed by atoms with Crippen LogP contribution in [-0.2, 0) is 0 Å². The molecule has 0 N–H and O–H groups in total. The zero-order valence-electron chi connectivity index (χ0n) is 13.1. The number of nitrogens with zero attached hydrogens (tertiary/aromatic N) is 5. The lowest BCUT2D eigenvalue weighted by atomic mass is 10.0. The van der Waals surface area contributed by atoms with Gasteiger partial charge in [-0.3, -0.25) is 4.40 Å². The summed E-state index contributed by atoms with van der Waals surface area (Å²) < 4.78 is 8.63. The van der Waals surface area contributed by atoms with Crippen LogP contribution >= 0.6 is 11.3 Å². The van der Waals surface area contributed by atoms with E-state index in [1.807, 2.05) is 36.5 Å². The van der Waals surface area contributed by atoms with Gasteiger partial charge in [-0.15, -0.1) is 10.2 Å². The third kappa shape index (κ3) is 1.98. The van der Waals surface area contributed by atoms with Crippen LogP contribution in [0.25, 0.3) is 15.9 Å². The Hall–Kier alpha value is -2.67. The molecule has 3 aromatic heterocycles. The molecular weight excluding hydrogens is 322 g/mol. The van der Waals surface area contributed by atoms with Crippen LogP contribution in [0, 0.1) is 0 Å². The average molecular weight is 337 g/mol. The molecule has 1 aliphatic rings. The molecule has 0 spiro atoms. The fourth-order valence-corrected chi connectivity index (χ4v) is 4.15. The standard InChI is InChI=1S/C17H15N5OS/c1-23-12-5-4-6-13-15(12)18-17(24-13)21-9-11(10-21)16-20-19-14-7-2-3-8-22(14)16/h2-8,11H,9-10H2,1H3. The van der Waals surface area contributed by atoms with Gasteiger partial charge in [0.2, 0.25) is 0 Å². The molecule has 4 aromatic rings. The molecule has 1 saturated heterocycles. The first-order chi connectivity index (χ1) is 11.8. The van der Waals surface area contributed by atoms with Crippen LogP contribution in [0.3, 0.4) is 0 Å². The molecule has 7 heteroatoms. The summed E-state index contributed by atoms with van der Waals surface area (Å²) in [6.07, 6.45) is 2.02. The molecule has 0 aliphatic carbocycles. The first-order valence-electron chi connectivity index (χ1n) is 7.81. The fourth-order valence-electron chi connectivity index (χ4n) is 3.15. The van der Waals surface area contributed by atoms with Crippen LogP contribution in [0.5, 0.6) is 5.75 Å². The van der Waals surface area contributed by atoms with E-state index in [0.29, 0.717) is 5.92 Å². The molecule has 0 bridgehead atoms. The Balaban J connectivity index is 1.42. The number of hydrogen-bond acceptors (Lipinski definition) is 6. The van der Waals surface area contributed by atoms with Gasteiger partial charge in [0.1, 0.15) is 17.1 Å². The number of thiazole rings is 1. The summed E-state index contributed by atoms with van der Waals surface area (Å²) in [4.78, 5) is 7.05. The van der Waals surface area contributed by atoms with Gasteiger partial charge in [0, 0.05) is 19.3 Å². The number of methoxy groups -OCH3 is 1. The minimum Gasteiger partial charge on any atom is -0.494 e. The number of para-hydroxylation sites is 1. The molecular formula is C17H15N5OS. The molecule has 0 saturated carbocycles. The van der Waals surface area contributed by atoms with E-state index in [1.54, 1.807) is 18.4 Å². The minimum absolute atomic E-state index is 0.385. The van der Waals surface area contributed by atoms with Crippen molar-refractivity contribution in [3.05, 3.63) is 48.4 Å². The number of pyridine rings is 1. The Labute approximate surface area is 142 Å². The van der Waals surface area contributed by atoms with Gasteiger partial charge in [0.05, 0.1) is 17.7 Å². The summed E-state index contributed by atoms with van der Waals surface area (Å²) in [5.41, 5.74) is 1.84. The number of hydrogen-bond donors (Lipinski definition) is 0. The summed E-state index contributed by atoms with van der Waals surface area (Å²) in [6.45, 7) is 1.83. The maximum Gasteiger partial charge on any atom is 0.186 e. The zero-order chi connectivity index (χ0) is 16.1. The van der Waals surface area contributed by atoms with Gasteiger partial charge in [-0.1, -0.05) is 23.5 Å². The van der Waals surface area contributed by atoms with E-state index in [9.17, 15) is 0 Å². The SMILES string of the molecule is COc1cccc2sc(N3CC(c4nnc5ccccn45)C3)nc12. The van der Waals surface area contributed by atoms with Crippen molar-refractivity contribution in [3.8, 4) is 5.75 Å². The van der Waals surface area contributed by atoms with Crippen LogP contribution in [0.4, 0.5) is 5.13 Å². The lowest BCUT2D eigenvalue weighted by Gasteiger charge is -2.37. The molecule has 1 aliphatic heterocycles. The van der Waals surface area contributed by atoms with Crippen LogP contribution in [-0.4, -0.2) is 39.8 Å². The van der Waals surface area contributed by atoms with E-state index in [1.165, 1.54) is 0 Å². The van der Waals surface area contributed by atoms with Crippen molar-refractivity contribution in [2.24, 2.45) is 0 Å². The maximum absolute atomic E-state index is 5.40. The van der Waals surface area contributed by atoms with Crippen LogP contribution in [0.2, 0.25) is 0 Å². The Morgan fingerprint density at radius 1 is 1.12 bits per heavy atom. The highest BCUT2D eigenvalue weighted by Crippen LogP contribution is 2.38. The number of aromatic nitrogens is 4. The van der Waals surface area contributed by atoms with Crippen molar-refractivity contribution in [2.75, 3.05) is 25.1 Å². The lowest BCUT2D eigenvalue weighted by Crippen LogP contribution is -2.45. The van der Waals surface area contributed by atoms with Crippen molar-refractivity contribution in [1.82, 2.24) is 19.6 Å². The largest absolute Gasteiger partial charge is 0.494 e. The topological polar surface area (TPSA) is 55.5 Å². The fraction of sp³-hybridized carbons (Fsp3) is 0.235. The summed E-state index contributed by atoms with van der Waals surface area (Å²) in [5, 5.41) is 9.65. The van der Waals surface area contributed by atoms with Gasteiger partial charge < -0.3 is 9.64 Å². The summed E-state index contributed by atoms with van der Waals surface area (Å²) >= 11 is 1.71. The Kier molecular flexibility index (Phi) is 2.96. The minimum atomic E-state index is 0.385. The van der Waals surface area contributed by atoms with E-state index in [2.05, 4.69) is 25.6 Å². The third-order valence-electron chi connectivity index (χ3n) is 4.45. The number of benzene rings is 1. The third-order valence-corrected chi connectivity index (χ3v) is 5.53. The maximum atomic E-state index is 5.40. The van der Waals surface area contributed by atoms with E-state index < -0.39 is 0 Å². The first-order valence-corrected chi connectivity index (χ1v) is 8.63. The number of rotatable bonds is 3. The summed E-state index contributed by atoms with van der Waals surface area (Å²) in [7, 11) is 1.68. The van der Waals surface area contributed by atoms with Crippen molar-refractivity contribution in [3.63, 3.8) is 0 Å². The highest BCUT2D eigenvalue weighted by atomic mass is 32.1. The van der Waals surface area contributed by atoms with E-state index in [4.69, 9.17) is 9.72 Å². The number of anilines is 1. The normalized spacial score (nSPS) is 15.1. The van der Waals surface area contributed by atoms with Crippen molar-refractivity contribution < 1.29 is 4.74 Å². The average Bonchev–Trinajstić information content (AvgIpc) is 3.18. The molecule has 120 valence electrons. The second kappa shape index (κ2) is 5.17. The lowest BCUT2D eigenvalue weighted by molar-refractivity contribution is 0.419. The van der Waals surface area contributed by atoms with E-state index >= 15 is 0 Å². The van der Waals surface area contributed by atoms with Crippen LogP contribution in [0.1, 0.15) is 11.7 Å². The van der Waals surface area contributed by atoms with Crippen LogP contribution in [0.15, 0.2) is 42.6 Å². The second-order valence-corrected chi connectivity index (χ2v) is 6.90. The van der Waals surface area contributed by atoms with Crippen molar-refractivity contribution >= 4 is 32.3 Å². The molecule has 24 heavy (non-hydrogen) atoms. The first kappa shape index (κ1) is 13.7. The predicted octanol–water partition coefficient (Wildman–Crippen LogP) is 2.95. The molecule has 5 rings (SSSR count). The monoisotopic (exact) mass is 337 g/mol. The number of fused-ring (bicyclic) bond motifs is 2. The van der Waals surface area contributed by atoms with Gasteiger partial charge in [0.25, 0.3) is 0 Å². The van der Waals surface area contributed by atoms with E-state index in [0.717, 1.165) is 45.7 Å². The highest BCUT2D eigenvalue weighted by molar-refractivity contribution is 7.22. The van der Waals surface area contributed by atoms with Gasteiger partial charge in [-0.2, -0.15) is 0 Å². The van der Waals surface area contributed by atoms with Gasteiger partial charge in [-0.25, -0.2) is 4.98 Å². The van der Waals surface area contributed by atoms with Crippen LogP contribution < -0.4 is 9.64 Å². The molecule has 0 radical (unpaired) electrons. The summed E-state index contributed by atoms with van der Waals surface area (Å²) in [5.74, 6) is 2.24. The summed E-state index contributed by atoms with van der Waals surface area (Å²) in [6, 6.07) is 12.0. The second-order valence-electron chi connectivity index (χ2n) is 5.89. The molecule has 0 atom stereocenters. The Morgan fingerprint density at radius 2 is 2.04 bits per heavy atom. The van der Waals surface area contributed by atoms with Gasteiger partial charge in [0.15, 0.2) is 10.8 Å². The highest BCUT2D eigenvalue weighted by Gasteiger charge is 2.33. The van der Waals surface area contributed by atoms with Crippen molar-refractivity contribution in [1.29, 1.82) is 0 Å². The smallest absolute Gasteiger partial charge is 0.186 e. The van der Waals surface area contributed by atoms with Gasteiger partial charge in [-0.05, 0) is 24.3 Å². The number of ether oxygens (including phenoxy) is 1. The predicted molar refractivity (Wildman–Crippen MR) is 94.1 cm³/mol. The Bertz CT molecular complexity index is 1030. The molecule has 6 nitrogen and oxygen atoms in total. The quantitative estimate of drug-likeness (QED) is 0.575. The van der Waals surface area contributed by atoms with Crippen molar-refractivity contribution in [2.45, 2.75) is 5.92 Å². The van der Waals surface area contributed by atoms with E-state index in [-0.39, 0.29) is 0 Å². The molecule has 0 unspecified atom stereocenters. The molecule has 4 heterocycles. The molecule has 1 fully saturated rings. The molecule has 1 aromatic carbocycles. The zero-order valence-corrected chi connectivity index (χ0v) is 13.9.